The summed E-state index contributed by atoms with van der Waals surface area (Å²) < 4.78 is 5.11. The molecule has 0 radical (unpaired) electrons. The molecule has 2 amide bonds. The van der Waals surface area contributed by atoms with Crippen LogP contribution < -0.4 is 0 Å². The fourth-order valence-corrected chi connectivity index (χ4v) is 2.88. The van der Waals surface area contributed by atoms with E-state index in [9.17, 15) is 9.59 Å². The average molecular weight is 305 g/mol. The normalized spacial score (nSPS) is 15.3. The largest absolute Gasteiger partial charge is 0.459 e. The number of amides is 2. The van der Waals surface area contributed by atoms with E-state index in [2.05, 4.69) is 4.98 Å². The molecule has 0 aromatic carbocycles. The van der Waals surface area contributed by atoms with Crippen molar-refractivity contribution in [3.05, 3.63) is 40.2 Å². The summed E-state index contributed by atoms with van der Waals surface area (Å²) in [5.41, 5.74) is 0.489. The molecule has 1 aliphatic rings. The molecule has 2 aromatic heterocycles. The minimum absolute atomic E-state index is 0.0653. The van der Waals surface area contributed by atoms with E-state index in [0.717, 1.165) is 5.01 Å². The van der Waals surface area contributed by atoms with Crippen LogP contribution in [-0.4, -0.2) is 52.8 Å². The minimum atomic E-state index is -0.128. The number of aryl methyl sites for hydroxylation is 1. The molecular formula is C14H15N3O3S. The highest BCUT2D eigenvalue weighted by molar-refractivity contribution is 7.09. The van der Waals surface area contributed by atoms with E-state index in [1.165, 1.54) is 17.6 Å². The van der Waals surface area contributed by atoms with Crippen molar-refractivity contribution in [3.63, 3.8) is 0 Å². The molecule has 110 valence electrons. The first kappa shape index (κ1) is 13.8. The van der Waals surface area contributed by atoms with Gasteiger partial charge in [-0.05, 0) is 19.1 Å². The number of carbonyl (C=O) groups excluding carboxylic acids is 2. The molecule has 2 aromatic rings. The van der Waals surface area contributed by atoms with Crippen LogP contribution in [0.3, 0.4) is 0 Å². The zero-order chi connectivity index (χ0) is 14.8. The molecule has 0 N–H and O–H groups in total. The van der Waals surface area contributed by atoms with Gasteiger partial charge in [0, 0.05) is 31.6 Å². The van der Waals surface area contributed by atoms with Crippen LogP contribution in [0.25, 0.3) is 0 Å². The Kier molecular flexibility index (Phi) is 3.74. The lowest BCUT2D eigenvalue weighted by Crippen LogP contribution is -2.50. The van der Waals surface area contributed by atoms with E-state index >= 15 is 0 Å². The number of aromatic nitrogens is 1. The van der Waals surface area contributed by atoms with Crippen LogP contribution in [0, 0.1) is 6.92 Å². The van der Waals surface area contributed by atoms with Crippen LogP contribution in [0.5, 0.6) is 0 Å². The third kappa shape index (κ3) is 2.82. The molecule has 1 saturated heterocycles. The van der Waals surface area contributed by atoms with E-state index in [0.29, 0.717) is 37.6 Å². The van der Waals surface area contributed by atoms with Gasteiger partial charge in [-0.1, -0.05) is 0 Å². The number of hydrogen-bond acceptors (Lipinski definition) is 5. The second kappa shape index (κ2) is 5.69. The van der Waals surface area contributed by atoms with Crippen molar-refractivity contribution in [1.82, 2.24) is 14.8 Å². The topological polar surface area (TPSA) is 66.7 Å². The summed E-state index contributed by atoms with van der Waals surface area (Å²) in [5.74, 6) is 0.144. The summed E-state index contributed by atoms with van der Waals surface area (Å²) in [4.78, 5) is 32.0. The predicted octanol–water partition coefficient (Wildman–Crippen LogP) is 1.64. The summed E-state index contributed by atoms with van der Waals surface area (Å²) in [6, 6.07) is 3.34. The first-order chi connectivity index (χ1) is 10.1. The van der Waals surface area contributed by atoms with E-state index in [-0.39, 0.29) is 11.8 Å². The second-order valence-corrected chi connectivity index (χ2v) is 5.88. The van der Waals surface area contributed by atoms with Gasteiger partial charge in [-0.25, -0.2) is 4.98 Å². The summed E-state index contributed by atoms with van der Waals surface area (Å²) >= 11 is 1.46. The van der Waals surface area contributed by atoms with Gasteiger partial charge in [0.2, 0.25) is 0 Å². The van der Waals surface area contributed by atoms with Crippen molar-refractivity contribution >= 4 is 23.2 Å². The summed E-state index contributed by atoms with van der Waals surface area (Å²) in [7, 11) is 0. The Morgan fingerprint density at radius 3 is 2.38 bits per heavy atom. The van der Waals surface area contributed by atoms with Crippen LogP contribution in [-0.2, 0) is 0 Å². The molecule has 0 spiro atoms. The summed E-state index contributed by atoms with van der Waals surface area (Å²) in [5, 5.41) is 2.66. The second-order valence-electron chi connectivity index (χ2n) is 4.81. The average Bonchev–Trinajstić information content (AvgIpc) is 3.17. The van der Waals surface area contributed by atoms with Gasteiger partial charge in [-0.15, -0.1) is 11.3 Å². The Hall–Kier alpha value is -2.15. The molecule has 1 aliphatic heterocycles. The van der Waals surface area contributed by atoms with Gasteiger partial charge in [0.1, 0.15) is 5.69 Å². The van der Waals surface area contributed by atoms with Gasteiger partial charge >= 0.3 is 0 Å². The third-order valence-corrected chi connectivity index (χ3v) is 4.20. The molecule has 21 heavy (non-hydrogen) atoms. The first-order valence-electron chi connectivity index (χ1n) is 6.69. The number of nitrogens with zero attached hydrogens (tertiary/aromatic N) is 3. The van der Waals surface area contributed by atoms with Crippen LogP contribution in [0.2, 0.25) is 0 Å². The molecule has 0 bridgehead atoms. The molecular weight excluding hydrogens is 290 g/mol. The van der Waals surface area contributed by atoms with Crippen LogP contribution in [0.15, 0.2) is 28.2 Å². The van der Waals surface area contributed by atoms with Crippen molar-refractivity contribution in [1.29, 1.82) is 0 Å². The van der Waals surface area contributed by atoms with Crippen molar-refractivity contribution in [2.24, 2.45) is 0 Å². The Morgan fingerprint density at radius 1 is 1.19 bits per heavy atom. The highest BCUT2D eigenvalue weighted by Gasteiger charge is 2.27. The molecule has 7 heteroatoms. The number of thiazole rings is 1. The molecule has 1 fully saturated rings. The zero-order valence-electron chi connectivity index (χ0n) is 11.6. The Labute approximate surface area is 126 Å². The van der Waals surface area contributed by atoms with E-state index in [1.807, 2.05) is 6.92 Å². The van der Waals surface area contributed by atoms with E-state index in [4.69, 9.17) is 4.42 Å². The van der Waals surface area contributed by atoms with Crippen molar-refractivity contribution in [3.8, 4) is 0 Å². The number of furan rings is 1. The maximum atomic E-state index is 12.3. The molecule has 3 heterocycles. The highest BCUT2D eigenvalue weighted by atomic mass is 32.1. The van der Waals surface area contributed by atoms with Crippen molar-refractivity contribution < 1.29 is 14.0 Å². The third-order valence-electron chi connectivity index (χ3n) is 3.42. The lowest BCUT2D eigenvalue weighted by molar-refractivity contribution is 0.0515. The minimum Gasteiger partial charge on any atom is -0.459 e. The first-order valence-corrected chi connectivity index (χ1v) is 7.57. The Morgan fingerprint density at radius 2 is 1.86 bits per heavy atom. The van der Waals surface area contributed by atoms with Crippen LogP contribution >= 0.6 is 11.3 Å². The maximum absolute atomic E-state index is 12.3. The SMILES string of the molecule is Cc1nc(C(=O)N2CCN(C(=O)c3ccco3)CC2)cs1. The molecule has 0 saturated carbocycles. The Balaban J connectivity index is 1.60. The fraction of sp³-hybridized carbons (Fsp3) is 0.357. The number of piperazine rings is 1. The number of hydrogen-bond donors (Lipinski definition) is 0. The molecule has 6 nitrogen and oxygen atoms in total. The van der Waals surface area contributed by atoms with Gasteiger partial charge in [0.05, 0.1) is 11.3 Å². The summed E-state index contributed by atoms with van der Waals surface area (Å²) in [6.45, 7) is 3.92. The Bertz CT molecular complexity index is 642. The van der Waals surface area contributed by atoms with Gasteiger partial charge in [-0.2, -0.15) is 0 Å². The number of carbonyl (C=O) groups is 2. The van der Waals surface area contributed by atoms with Gasteiger partial charge < -0.3 is 14.2 Å². The van der Waals surface area contributed by atoms with Crippen LogP contribution in [0.4, 0.5) is 0 Å². The molecule has 0 atom stereocenters. The van der Waals surface area contributed by atoms with Gasteiger partial charge in [0.25, 0.3) is 11.8 Å². The maximum Gasteiger partial charge on any atom is 0.289 e. The molecule has 0 unspecified atom stereocenters. The van der Waals surface area contributed by atoms with Crippen molar-refractivity contribution in [2.45, 2.75) is 6.92 Å². The highest BCUT2D eigenvalue weighted by Crippen LogP contribution is 2.14. The summed E-state index contributed by atoms with van der Waals surface area (Å²) in [6.07, 6.45) is 1.48. The smallest absolute Gasteiger partial charge is 0.289 e. The standard InChI is InChI=1S/C14H15N3O3S/c1-10-15-11(9-21-10)13(18)16-4-6-17(7-5-16)14(19)12-3-2-8-20-12/h2-3,8-9H,4-7H2,1H3. The van der Waals surface area contributed by atoms with Gasteiger partial charge in [-0.3, -0.25) is 9.59 Å². The number of rotatable bonds is 2. The fourth-order valence-electron chi connectivity index (χ4n) is 2.29. The van der Waals surface area contributed by atoms with E-state index < -0.39 is 0 Å². The predicted molar refractivity (Wildman–Crippen MR) is 77.4 cm³/mol. The lowest BCUT2D eigenvalue weighted by Gasteiger charge is -2.34. The zero-order valence-corrected chi connectivity index (χ0v) is 12.4. The van der Waals surface area contributed by atoms with Gasteiger partial charge in [0.15, 0.2) is 5.76 Å². The van der Waals surface area contributed by atoms with Crippen molar-refractivity contribution in [2.75, 3.05) is 26.2 Å². The quantitative estimate of drug-likeness (QED) is 0.846. The molecule has 0 aliphatic carbocycles. The molecule has 3 rings (SSSR count). The van der Waals surface area contributed by atoms with E-state index in [1.54, 1.807) is 27.3 Å². The monoisotopic (exact) mass is 305 g/mol. The van der Waals surface area contributed by atoms with Crippen LogP contribution in [0.1, 0.15) is 26.1 Å². The lowest BCUT2D eigenvalue weighted by atomic mass is 10.2.